The Morgan fingerprint density at radius 1 is 0.583 bits per heavy atom. The van der Waals surface area contributed by atoms with Crippen LogP contribution < -0.4 is 18.9 Å². The van der Waals surface area contributed by atoms with Gasteiger partial charge in [-0.25, -0.2) is 0 Å². The van der Waals surface area contributed by atoms with Crippen LogP contribution in [0.3, 0.4) is 0 Å². The Labute approximate surface area is 143 Å². The van der Waals surface area contributed by atoms with Crippen LogP contribution in [-0.4, -0.2) is 28.4 Å². The van der Waals surface area contributed by atoms with Crippen molar-refractivity contribution in [3.8, 4) is 23.0 Å². The van der Waals surface area contributed by atoms with Gasteiger partial charge in [0.05, 0.1) is 28.4 Å². The molecule has 0 aromatic heterocycles. The zero-order valence-corrected chi connectivity index (χ0v) is 14.7. The lowest BCUT2D eigenvalue weighted by Gasteiger charge is -2.09. The second-order valence-electron chi connectivity index (χ2n) is 5.26. The van der Waals surface area contributed by atoms with Gasteiger partial charge in [0, 0.05) is 0 Å². The van der Waals surface area contributed by atoms with E-state index in [1.807, 2.05) is 36.4 Å². The van der Waals surface area contributed by atoms with Gasteiger partial charge in [-0.1, -0.05) is 24.3 Å². The topological polar surface area (TPSA) is 36.9 Å². The molecule has 0 atom stereocenters. The van der Waals surface area contributed by atoms with Crippen molar-refractivity contribution in [1.82, 2.24) is 0 Å². The summed E-state index contributed by atoms with van der Waals surface area (Å²) in [5, 5.41) is 0. The Bertz CT molecular complexity index is 633. The molecule has 2 aromatic carbocycles. The fourth-order valence-electron chi connectivity index (χ4n) is 2.45. The van der Waals surface area contributed by atoms with E-state index in [0.29, 0.717) is 0 Å². The molecule has 0 radical (unpaired) electrons. The summed E-state index contributed by atoms with van der Waals surface area (Å²) in [5.41, 5.74) is 2.35. The maximum Gasteiger partial charge on any atom is 0.160 e. The standard InChI is InChI=1S/C20H24O4/c1-21-17-11-9-15(13-19(17)23-3)7-5-6-8-16-10-12-18(22-2)20(14-16)24-4/h5-6,9-14H,7-8H2,1-4H3/b6-5+. The highest BCUT2D eigenvalue weighted by Gasteiger charge is 2.04. The highest BCUT2D eigenvalue weighted by molar-refractivity contribution is 5.44. The number of ether oxygens (including phenoxy) is 4. The van der Waals surface area contributed by atoms with E-state index in [1.54, 1.807) is 28.4 Å². The molecule has 0 saturated heterocycles. The Hall–Kier alpha value is -2.62. The van der Waals surface area contributed by atoms with Gasteiger partial charge >= 0.3 is 0 Å². The third-order valence-electron chi connectivity index (χ3n) is 3.77. The summed E-state index contributed by atoms with van der Waals surface area (Å²) in [4.78, 5) is 0. The van der Waals surface area contributed by atoms with E-state index in [1.165, 1.54) is 11.1 Å². The predicted octanol–water partition coefficient (Wildman–Crippen LogP) is 4.06. The molecule has 0 N–H and O–H groups in total. The fraction of sp³-hybridized carbons (Fsp3) is 0.300. The quantitative estimate of drug-likeness (QED) is 0.685. The predicted molar refractivity (Wildman–Crippen MR) is 95.6 cm³/mol. The number of allylic oxidation sites excluding steroid dienone is 2. The van der Waals surface area contributed by atoms with Crippen LogP contribution in [0.15, 0.2) is 48.6 Å². The maximum atomic E-state index is 5.33. The summed E-state index contributed by atoms with van der Waals surface area (Å²) in [6, 6.07) is 11.9. The van der Waals surface area contributed by atoms with Gasteiger partial charge in [-0.05, 0) is 48.2 Å². The number of rotatable bonds is 8. The summed E-state index contributed by atoms with van der Waals surface area (Å²) in [6.45, 7) is 0. The van der Waals surface area contributed by atoms with E-state index in [4.69, 9.17) is 18.9 Å². The molecule has 0 fully saturated rings. The number of hydrogen-bond acceptors (Lipinski definition) is 4. The van der Waals surface area contributed by atoms with E-state index in [2.05, 4.69) is 12.2 Å². The molecule has 0 aliphatic rings. The molecule has 0 aliphatic carbocycles. The summed E-state index contributed by atoms with van der Waals surface area (Å²) in [6.07, 6.45) is 5.98. The van der Waals surface area contributed by atoms with Gasteiger partial charge in [-0.3, -0.25) is 0 Å². The van der Waals surface area contributed by atoms with Crippen LogP contribution in [0, 0.1) is 0 Å². The van der Waals surface area contributed by atoms with Crippen molar-refractivity contribution in [2.24, 2.45) is 0 Å². The Balaban J connectivity index is 1.97. The minimum atomic E-state index is 0.746. The van der Waals surface area contributed by atoms with E-state index in [9.17, 15) is 0 Å². The van der Waals surface area contributed by atoms with Crippen molar-refractivity contribution in [3.63, 3.8) is 0 Å². The highest BCUT2D eigenvalue weighted by atomic mass is 16.5. The summed E-state index contributed by atoms with van der Waals surface area (Å²) < 4.78 is 21.2. The molecule has 0 spiro atoms. The maximum absolute atomic E-state index is 5.33. The molecule has 2 aromatic rings. The average molecular weight is 328 g/mol. The normalized spacial score (nSPS) is 10.7. The Morgan fingerprint density at radius 2 is 0.958 bits per heavy atom. The van der Waals surface area contributed by atoms with Gasteiger partial charge in [0.2, 0.25) is 0 Å². The van der Waals surface area contributed by atoms with Gasteiger partial charge in [-0.15, -0.1) is 0 Å². The van der Waals surface area contributed by atoms with Gasteiger partial charge in [0.15, 0.2) is 23.0 Å². The van der Waals surface area contributed by atoms with Crippen LogP contribution in [-0.2, 0) is 12.8 Å². The first kappa shape index (κ1) is 17.7. The molecular weight excluding hydrogens is 304 g/mol. The number of benzene rings is 2. The van der Waals surface area contributed by atoms with E-state index in [0.717, 1.165) is 35.8 Å². The van der Waals surface area contributed by atoms with Crippen LogP contribution in [0.1, 0.15) is 11.1 Å². The number of methoxy groups -OCH3 is 4. The molecule has 0 aliphatic heterocycles. The second kappa shape index (κ2) is 8.87. The van der Waals surface area contributed by atoms with Crippen molar-refractivity contribution >= 4 is 0 Å². The van der Waals surface area contributed by atoms with E-state index in [-0.39, 0.29) is 0 Å². The largest absolute Gasteiger partial charge is 0.493 e. The first-order valence-electron chi connectivity index (χ1n) is 7.78. The molecular formula is C20H24O4. The van der Waals surface area contributed by atoms with Crippen LogP contribution in [0.5, 0.6) is 23.0 Å². The van der Waals surface area contributed by atoms with Crippen LogP contribution >= 0.6 is 0 Å². The lowest BCUT2D eigenvalue weighted by Crippen LogP contribution is -1.92. The minimum Gasteiger partial charge on any atom is -0.493 e. The van der Waals surface area contributed by atoms with Crippen LogP contribution in [0.25, 0.3) is 0 Å². The zero-order valence-electron chi connectivity index (χ0n) is 14.7. The fourth-order valence-corrected chi connectivity index (χ4v) is 2.45. The first-order chi connectivity index (χ1) is 11.7. The molecule has 128 valence electrons. The zero-order chi connectivity index (χ0) is 17.4. The lowest BCUT2D eigenvalue weighted by molar-refractivity contribution is 0.354. The van der Waals surface area contributed by atoms with Crippen molar-refractivity contribution < 1.29 is 18.9 Å². The molecule has 0 unspecified atom stereocenters. The molecule has 0 amide bonds. The number of hydrogen-bond donors (Lipinski definition) is 0. The molecule has 2 rings (SSSR count). The van der Waals surface area contributed by atoms with Gasteiger partial charge in [-0.2, -0.15) is 0 Å². The third-order valence-corrected chi connectivity index (χ3v) is 3.77. The molecule has 4 heteroatoms. The van der Waals surface area contributed by atoms with Gasteiger partial charge in [0.25, 0.3) is 0 Å². The first-order valence-corrected chi connectivity index (χ1v) is 7.78. The third kappa shape index (κ3) is 4.44. The van der Waals surface area contributed by atoms with Crippen molar-refractivity contribution in [2.45, 2.75) is 12.8 Å². The van der Waals surface area contributed by atoms with Crippen LogP contribution in [0.4, 0.5) is 0 Å². The van der Waals surface area contributed by atoms with Crippen molar-refractivity contribution in [1.29, 1.82) is 0 Å². The highest BCUT2D eigenvalue weighted by Crippen LogP contribution is 2.29. The Kier molecular flexibility index (Phi) is 6.55. The van der Waals surface area contributed by atoms with Gasteiger partial charge in [0.1, 0.15) is 0 Å². The van der Waals surface area contributed by atoms with Crippen molar-refractivity contribution in [3.05, 3.63) is 59.7 Å². The molecule has 24 heavy (non-hydrogen) atoms. The monoisotopic (exact) mass is 328 g/mol. The smallest absolute Gasteiger partial charge is 0.160 e. The minimum absolute atomic E-state index is 0.746. The molecule has 0 heterocycles. The summed E-state index contributed by atoms with van der Waals surface area (Å²) in [5.74, 6) is 3.00. The molecule has 4 nitrogen and oxygen atoms in total. The van der Waals surface area contributed by atoms with Crippen molar-refractivity contribution in [2.75, 3.05) is 28.4 Å². The summed E-state index contributed by atoms with van der Waals surface area (Å²) >= 11 is 0. The second-order valence-corrected chi connectivity index (χ2v) is 5.26. The van der Waals surface area contributed by atoms with Gasteiger partial charge < -0.3 is 18.9 Å². The Morgan fingerprint density at radius 3 is 1.29 bits per heavy atom. The molecule has 0 bridgehead atoms. The SMILES string of the molecule is COc1ccc(C/C=C/Cc2ccc(OC)c(OC)c2)cc1OC. The summed E-state index contributed by atoms with van der Waals surface area (Å²) in [7, 11) is 6.57. The molecule has 0 saturated carbocycles. The van der Waals surface area contributed by atoms with E-state index < -0.39 is 0 Å². The van der Waals surface area contributed by atoms with E-state index >= 15 is 0 Å². The lowest BCUT2D eigenvalue weighted by atomic mass is 10.1. The van der Waals surface area contributed by atoms with Crippen LogP contribution in [0.2, 0.25) is 0 Å². The average Bonchev–Trinajstić information content (AvgIpc) is 2.64.